The molecule has 0 rings (SSSR count). The maximum Gasteiger partial charge on any atom is 0.211 e. The number of unbranched alkanes of at least 4 members (excludes halogenated alkanes) is 1. The Kier molecular flexibility index (Phi) is 8.83. The third kappa shape index (κ3) is 8.04. The fourth-order valence-corrected chi connectivity index (χ4v) is 2.51. The average Bonchev–Trinajstić information content (AvgIpc) is 2.24. The van der Waals surface area contributed by atoms with E-state index >= 15 is 0 Å². The van der Waals surface area contributed by atoms with Crippen molar-refractivity contribution in [2.45, 2.75) is 26.7 Å². The van der Waals surface area contributed by atoms with Crippen molar-refractivity contribution in [1.82, 2.24) is 9.62 Å². The van der Waals surface area contributed by atoms with E-state index in [-0.39, 0.29) is 12.4 Å². The van der Waals surface area contributed by atoms with Crippen LogP contribution < -0.4 is 4.72 Å². The SMILES string of the molecule is CCN(CC)CCNS(=O)(=O)CCCCO. The number of nitrogens with zero attached hydrogens (tertiary/aromatic N) is 1. The van der Waals surface area contributed by atoms with Crippen LogP contribution in [0.3, 0.4) is 0 Å². The fraction of sp³-hybridized carbons (Fsp3) is 1.00. The van der Waals surface area contributed by atoms with Crippen LogP contribution in [0.4, 0.5) is 0 Å². The Hall–Kier alpha value is -0.170. The molecule has 0 aromatic heterocycles. The van der Waals surface area contributed by atoms with Gasteiger partial charge in [0.05, 0.1) is 5.75 Å². The van der Waals surface area contributed by atoms with E-state index in [4.69, 9.17) is 5.11 Å². The summed E-state index contributed by atoms with van der Waals surface area (Å²) < 4.78 is 25.5. The van der Waals surface area contributed by atoms with Gasteiger partial charge in [0.2, 0.25) is 10.0 Å². The summed E-state index contributed by atoms with van der Waals surface area (Å²) >= 11 is 0. The van der Waals surface area contributed by atoms with Gasteiger partial charge in [-0.05, 0) is 25.9 Å². The summed E-state index contributed by atoms with van der Waals surface area (Å²) in [6.07, 6.45) is 1.05. The van der Waals surface area contributed by atoms with Crippen molar-refractivity contribution >= 4 is 10.0 Å². The van der Waals surface area contributed by atoms with Gasteiger partial charge in [0.15, 0.2) is 0 Å². The zero-order chi connectivity index (χ0) is 12.4. The molecular weight excluding hydrogens is 228 g/mol. The molecule has 0 amide bonds. The van der Waals surface area contributed by atoms with Crippen LogP contribution in [-0.4, -0.2) is 57.0 Å². The average molecular weight is 252 g/mol. The molecule has 98 valence electrons. The molecule has 0 heterocycles. The summed E-state index contributed by atoms with van der Waals surface area (Å²) in [6.45, 7) is 7.23. The van der Waals surface area contributed by atoms with Gasteiger partial charge in [0.1, 0.15) is 0 Å². The van der Waals surface area contributed by atoms with Gasteiger partial charge in [-0.1, -0.05) is 13.8 Å². The molecule has 0 fully saturated rings. The van der Waals surface area contributed by atoms with Gasteiger partial charge in [0, 0.05) is 19.7 Å². The molecule has 0 bridgehead atoms. The molecule has 0 aliphatic rings. The second-order valence-electron chi connectivity index (χ2n) is 3.67. The Bertz CT molecular complexity index is 251. The minimum atomic E-state index is -3.15. The van der Waals surface area contributed by atoms with Gasteiger partial charge in [-0.25, -0.2) is 13.1 Å². The molecule has 0 spiro atoms. The third-order valence-electron chi connectivity index (χ3n) is 2.47. The molecular formula is C10H24N2O3S. The second kappa shape index (κ2) is 8.92. The van der Waals surface area contributed by atoms with Crippen molar-refractivity contribution in [3.8, 4) is 0 Å². The van der Waals surface area contributed by atoms with E-state index in [1.165, 1.54) is 0 Å². The Morgan fingerprint density at radius 2 is 1.81 bits per heavy atom. The van der Waals surface area contributed by atoms with E-state index in [1.807, 2.05) is 0 Å². The highest BCUT2D eigenvalue weighted by atomic mass is 32.2. The standard InChI is InChI=1S/C10H24N2O3S/c1-3-12(4-2)8-7-11-16(14,15)10-6-5-9-13/h11,13H,3-10H2,1-2H3. The normalized spacial score (nSPS) is 12.2. The number of rotatable bonds is 10. The van der Waals surface area contributed by atoms with Crippen molar-refractivity contribution in [2.24, 2.45) is 0 Å². The topological polar surface area (TPSA) is 69.6 Å². The maximum atomic E-state index is 11.5. The minimum Gasteiger partial charge on any atom is -0.396 e. The summed E-state index contributed by atoms with van der Waals surface area (Å²) in [5, 5.41) is 8.55. The van der Waals surface area contributed by atoms with Gasteiger partial charge in [0.25, 0.3) is 0 Å². The Morgan fingerprint density at radius 1 is 1.19 bits per heavy atom. The van der Waals surface area contributed by atoms with Crippen molar-refractivity contribution in [1.29, 1.82) is 0 Å². The molecule has 16 heavy (non-hydrogen) atoms. The molecule has 0 radical (unpaired) electrons. The number of hydrogen-bond acceptors (Lipinski definition) is 4. The molecule has 0 aliphatic carbocycles. The number of hydrogen-bond donors (Lipinski definition) is 2. The van der Waals surface area contributed by atoms with E-state index in [0.717, 1.165) is 19.6 Å². The van der Waals surface area contributed by atoms with Gasteiger partial charge in [-0.3, -0.25) is 0 Å². The van der Waals surface area contributed by atoms with Crippen LogP contribution in [-0.2, 0) is 10.0 Å². The van der Waals surface area contributed by atoms with Crippen molar-refractivity contribution in [3.05, 3.63) is 0 Å². The number of sulfonamides is 1. The Morgan fingerprint density at radius 3 is 2.31 bits per heavy atom. The third-order valence-corrected chi connectivity index (χ3v) is 3.94. The summed E-state index contributed by atoms with van der Waals surface area (Å²) in [5.74, 6) is 0.103. The van der Waals surface area contributed by atoms with E-state index in [2.05, 4.69) is 23.5 Å². The second-order valence-corrected chi connectivity index (χ2v) is 5.60. The first kappa shape index (κ1) is 15.8. The highest BCUT2D eigenvalue weighted by Crippen LogP contribution is 1.94. The fourth-order valence-electron chi connectivity index (χ4n) is 1.38. The van der Waals surface area contributed by atoms with Crippen molar-refractivity contribution < 1.29 is 13.5 Å². The van der Waals surface area contributed by atoms with Crippen LogP contribution >= 0.6 is 0 Å². The van der Waals surface area contributed by atoms with Crippen molar-refractivity contribution in [2.75, 3.05) is 38.5 Å². The molecule has 0 aromatic carbocycles. The minimum absolute atomic E-state index is 0.0506. The predicted octanol–water partition coefficient (Wildman–Crippen LogP) is 0.0201. The van der Waals surface area contributed by atoms with Gasteiger partial charge in [-0.15, -0.1) is 0 Å². The molecule has 6 heteroatoms. The van der Waals surface area contributed by atoms with Crippen LogP contribution in [0.1, 0.15) is 26.7 Å². The quantitative estimate of drug-likeness (QED) is 0.538. The van der Waals surface area contributed by atoms with E-state index in [0.29, 0.717) is 19.4 Å². The van der Waals surface area contributed by atoms with E-state index < -0.39 is 10.0 Å². The monoisotopic (exact) mass is 252 g/mol. The van der Waals surface area contributed by atoms with E-state index in [1.54, 1.807) is 0 Å². The van der Waals surface area contributed by atoms with Crippen molar-refractivity contribution in [3.63, 3.8) is 0 Å². The predicted molar refractivity (Wildman–Crippen MR) is 65.9 cm³/mol. The molecule has 0 aliphatic heterocycles. The number of aliphatic hydroxyl groups excluding tert-OH is 1. The first-order valence-electron chi connectivity index (χ1n) is 5.86. The lowest BCUT2D eigenvalue weighted by Crippen LogP contribution is -2.35. The molecule has 0 unspecified atom stereocenters. The van der Waals surface area contributed by atoms with Crippen LogP contribution in [0.25, 0.3) is 0 Å². The van der Waals surface area contributed by atoms with Crippen LogP contribution in [0, 0.1) is 0 Å². The van der Waals surface area contributed by atoms with Gasteiger partial charge in [-0.2, -0.15) is 0 Å². The van der Waals surface area contributed by atoms with Crippen LogP contribution in [0.2, 0.25) is 0 Å². The zero-order valence-electron chi connectivity index (χ0n) is 10.3. The summed E-state index contributed by atoms with van der Waals surface area (Å²) in [7, 11) is -3.15. The number of nitrogens with one attached hydrogen (secondary N) is 1. The highest BCUT2D eigenvalue weighted by Gasteiger charge is 2.09. The zero-order valence-corrected chi connectivity index (χ0v) is 11.1. The molecule has 2 N–H and O–H groups in total. The maximum absolute atomic E-state index is 11.5. The Balaban J connectivity index is 3.73. The van der Waals surface area contributed by atoms with E-state index in [9.17, 15) is 8.42 Å². The first-order valence-corrected chi connectivity index (χ1v) is 7.51. The van der Waals surface area contributed by atoms with Gasteiger partial charge < -0.3 is 10.0 Å². The number of aliphatic hydroxyl groups is 1. The number of likely N-dealkylation sites (N-methyl/N-ethyl adjacent to an activating group) is 1. The van der Waals surface area contributed by atoms with Crippen LogP contribution in [0.5, 0.6) is 0 Å². The molecule has 0 saturated heterocycles. The molecule has 0 aromatic rings. The van der Waals surface area contributed by atoms with Gasteiger partial charge >= 0.3 is 0 Å². The lowest BCUT2D eigenvalue weighted by atomic mass is 10.4. The largest absolute Gasteiger partial charge is 0.396 e. The summed E-state index contributed by atoms with van der Waals surface area (Å²) in [5.41, 5.74) is 0. The molecule has 0 saturated carbocycles. The summed E-state index contributed by atoms with van der Waals surface area (Å²) in [6, 6.07) is 0. The lowest BCUT2D eigenvalue weighted by molar-refractivity contribution is 0.287. The molecule has 5 nitrogen and oxygen atoms in total. The summed E-state index contributed by atoms with van der Waals surface area (Å²) in [4.78, 5) is 2.16. The lowest BCUT2D eigenvalue weighted by Gasteiger charge is -2.17. The Labute approximate surface area is 98.9 Å². The highest BCUT2D eigenvalue weighted by molar-refractivity contribution is 7.89. The van der Waals surface area contributed by atoms with Crippen LogP contribution in [0.15, 0.2) is 0 Å². The smallest absolute Gasteiger partial charge is 0.211 e. The molecule has 0 atom stereocenters. The first-order chi connectivity index (χ1) is 7.55.